The second-order valence-corrected chi connectivity index (χ2v) is 3.59. The van der Waals surface area contributed by atoms with E-state index in [1.54, 1.807) is 0 Å². The molecule has 3 heteroatoms. The number of aromatic nitrogens is 2. The summed E-state index contributed by atoms with van der Waals surface area (Å²) in [6.07, 6.45) is 8.18. The maximum atomic E-state index is 5.79. The number of nitrogens with zero attached hydrogens (tertiary/aromatic N) is 2. The fraction of sp³-hybridized carbons (Fsp3) is 0.545. The zero-order chi connectivity index (χ0) is 10.4. The number of hydrogen-bond donors (Lipinski definition) is 0. The third-order valence-electron chi connectivity index (χ3n) is 2.10. The van der Waals surface area contributed by atoms with Gasteiger partial charge in [-0.05, 0) is 12.8 Å². The highest BCUT2D eigenvalue weighted by Crippen LogP contribution is 2.10. The minimum atomic E-state index is 0.607. The molecule has 0 aliphatic heterocycles. The van der Waals surface area contributed by atoms with E-state index >= 15 is 0 Å². The smallest absolute Gasteiger partial charge is 0.0562 e. The van der Waals surface area contributed by atoms with E-state index < -0.39 is 0 Å². The van der Waals surface area contributed by atoms with Crippen LogP contribution >= 0.6 is 11.6 Å². The van der Waals surface area contributed by atoms with Gasteiger partial charge in [0.05, 0.1) is 6.20 Å². The summed E-state index contributed by atoms with van der Waals surface area (Å²) in [6, 6.07) is 0. The lowest BCUT2D eigenvalue weighted by Gasteiger charge is -1.96. The summed E-state index contributed by atoms with van der Waals surface area (Å²) in [6.45, 7) is 5.24. The largest absolute Gasteiger partial charge is 0.272 e. The van der Waals surface area contributed by atoms with Gasteiger partial charge in [-0.2, -0.15) is 5.10 Å². The first kappa shape index (κ1) is 11.3. The number of halogens is 1. The third-order valence-corrected chi connectivity index (χ3v) is 2.45. The number of hydrogen-bond acceptors (Lipinski definition) is 1. The minimum absolute atomic E-state index is 0.607. The van der Waals surface area contributed by atoms with Crippen molar-refractivity contribution in [3.63, 3.8) is 0 Å². The summed E-state index contributed by atoms with van der Waals surface area (Å²) in [5, 5.41) is 4.26. The van der Waals surface area contributed by atoms with Crippen molar-refractivity contribution in [1.29, 1.82) is 0 Å². The maximum absolute atomic E-state index is 5.79. The molecule has 0 unspecified atom stereocenters. The van der Waals surface area contributed by atoms with Crippen molar-refractivity contribution in [2.75, 3.05) is 5.88 Å². The molecule has 0 spiro atoms. The molecule has 0 radical (unpaired) electrons. The average molecular weight is 213 g/mol. The van der Waals surface area contributed by atoms with E-state index in [9.17, 15) is 0 Å². The molecule has 1 aromatic rings. The Bertz CT molecular complexity index is 296. The number of alkyl halides is 1. The van der Waals surface area contributed by atoms with Gasteiger partial charge >= 0.3 is 0 Å². The van der Waals surface area contributed by atoms with Crippen LogP contribution in [-0.2, 0) is 6.54 Å². The molecule has 0 aliphatic carbocycles. The van der Waals surface area contributed by atoms with E-state index in [1.165, 1.54) is 5.57 Å². The summed E-state index contributed by atoms with van der Waals surface area (Å²) < 4.78 is 1.97. The molecule has 2 nitrogen and oxygen atoms in total. The molecule has 0 N–H and O–H groups in total. The molecular formula is C11H17ClN2. The van der Waals surface area contributed by atoms with Crippen LogP contribution in [0, 0.1) is 0 Å². The van der Waals surface area contributed by atoms with Gasteiger partial charge in [-0.3, -0.25) is 4.68 Å². The number of rotatable bonds is 5. The molecule has 1 heterocycles. The number of aryl methyl sites for hydroxylation is 1. The van der Waals surface area contributed by atoms with Crippen LogP contribution in [0.25, 0.3) is 6.08 Å². The van der Waals surface area contributed by atoms with E-state index in [1.807, 2.05) is 10.9 Å². The monoisotopic (exact) mass is 212 g/mol. The Morgan fingerprint density at radius 1 is 1.57 bits per heavy atom. The zero-order valence-corrected chi connectivity index (χ0v) is 9.59. The first-order chi connectivity index (χ1) is 6.80. The second-order valence-electron chi connectivity index (χ2n) is 3.33. The SMILES string of the molecule is CCCn1cc(/C=C(/CC)CCl)cn1. The van der Waals surface area contributed by atoms with E-state index in [0.717, 1.165) is 24.9 Å². The van der Waals surface area contributed by atoms with Crippen molar-refractivity contribution in [3.8, 4) is 0 Å². The molecule has 0 atom stereocenters. The van der Waals surface area contributed by atoms with E-state index in [0.29, 0.717) is 5.88 Å². The normalized spacial score (nSPS) is 12.1. The molecule has 0 aromatic carbocycles. The van der Waals surface area contributed by atoms with Gasteiger partial charge in [0.25, 0.3) is 0 Å². The Kier molecular flexibility index (Phi) is 4.74. The zero-order valence-electron chi connectivity index (χ0n) is 8.83. The lowest BCUT2D eigenvalue weighted by molar-refractivity contribution is 0.602. The van der Waals surface area contributed by atoms with Crippen LogP contribution in [0.15, 0.2) is 18.0 Å². The predicted octanol–water partition coefficient (Wildman–Crippen LogP) is 3.33. The van der Waals surface area contributed by atoms with Gasteiger partial charge in [-0.1, -0.05) is 25.5 Å². The molecule has 14 heavy (non-hydrogen) atoms. The van der Waals surface area contributed by atoms with Crippen molar-refractivity contribution in [2.45, 2.75) is 33.2 Å². The Morgan fingerprint density at radius 2 is 2.36 bits per heavy atom. The Morgan fingerprint density at radius 3 is 2.93 bits per heavy atom. The lowest BCUT2D eigenvalue weighted by atomic mass is 10.2. The van der Waals surface area contributed by atoms with Crippen LogP contribution in [0.2, 0.25) is 0 Å². The highest BCUT2D eigenvalue weighted by molar-refractivity contribution is 6.19. The Balaban J connectivity index is 2.71. The summed E-state index contributed by atoms with van der Waals surface area (Å²) in [7, 11) is 0. The molecule has 1 rings (SSSR count). The number of allylic oxidation sites excluding steroid dienone is 1. The summed E-state index contributed by atoms with van der Waals surface area (Å²) in [4.78, 5) is 0. The fourth-order valence-corrected chi connectivity index (χ4v) is 1.54. The maximum Gasteiger partial charge on any atom is 0.0562 e. The quantitative estimate of drug-likeness (QED) is 0.685. The standard InChI is InChI=1S/C11H17ClN2/c1-3-5-14-9-11(8-13-14)6-10(4-2)7-12/h6,8-9H,3-5,7H2,1-2H3/b10-6-. The Labute approximate surface area is 90.6 Å². The molecule has 78 valence electrons. The third kappa shape index (κ3) is 3.18. The molecule has 0 saturated carbocycles. The molecule has 0 amide bonds. The molecule has 0 fully saturated rings. The van der Waals surface area contributed by atoms with Crippen molar-refractivity contribution in [3.05, 3.63) is 23.5 Å². The molecule has 0 aliphatic rings. The van der Waals surface area contributed by atoms with Gasteiger partial charge in [-0.25, -0.2) is 0 Å². The molecule has 1 aromatic heterocycles. The highest BCUT2D eigenvalue weighted by Gasteiger charge is 1.96. The van der Waals surface area contributed by atoms with Crippen molar-refractivity contribution >= 4 is 17.7 Å². The molecule has 0 bridgehead atoms. The van der Waals surface area contributed by atoms with Gasteiger partial charge in [0.2, 0.25) is 0 Å². The fourth-order valence-electron chi connectivity index (χ4n) is 1.28. The highest BCUT2D eigenvalue weighted by atomic mass is 35.5. The van der Waals surface area contributed by atoms with Gasteiger partial charge < -0.3 is 0 Å². The predicted molar refractivity (Wildman–Crippen MR) is 61.5 cm³/mol. The van der Waals surface area contributed by atoms with E-state index in [-0.39, 0.29) is 0 Å². The lowest BCUT2D eigenvalue weighted by Crippen LogP contribution is -1.95. The van der Waals surface area contributed by atoms with Crippen LogP contribution < -0.4 is 0 Å². The first-order valence-corrected chi connectivity index (χ1v) is 5.61. The van der Waals surface area contributed by atoms with Gasteiger partial charge in [0.15, 0.2) is 0 Å². The summed E-state index contributed by atoms with van der Waals surface area (Å²) >= 11 is 5.79. The van der Waals surface area contributed by atoms with Gasteiger partial charge in [0.1, 0.15) is 0 Å². The van der Waals surface area contributed by atoms with Crippen LogP contribution in [0.1, 0.15) is 32.3 Å². The van der Waals surface area contributed by atoms with E-state index in [2.05, 4.69) is 31.2 Å². The van der Waals surface area contributed by atoms with Crippen LogP contribution in [0.4, 0.5) is 0 Å². The van der Waals surface area contributed by atoms with Gasteiger partial charge in [-0.15, -0.1) is 11.6 Å². The van der Waals surface area contributed by atoms with Gasteiger partial charge in [0, 0.05) is 24.2 Å². The Hall–Kier alpha value is -0.760. The minimum Gasteiger partial charge on any atom is -0.272 e. The molecule has 0 saturated heterocycles. The van der Waals surface area contributed by atoms with Crippen molar-refractivity contribution < 1.29 is 0 Å². The topological polar surface area (TPSA) is 17.8 Å². The van der Waals surface area contributed by atoms with Crippen LogP contribution in [0.5, 0.6) is 0 Å². The van der Waals surface area contributed by atoms with E-state index in [4.69, 9.17) is 11.6 Å². The summed E-state index contributed by atoms with van der Waals surface area (Å²) in [5.74, 6) is 0.607. The van der Waals surface area contributed by atoms with Crippen molar-refractivity contribution in [1.82, 2.24) is 9.78 Å². The molecular weight excluding hydrogens is 196 g/mol. The second kappa shape index (κ2) is 5.86. The first-order valence-electron chi connectivity index (χ1n) is 5.08. The summed E-state index contributed by atoms with van der Waals surface area (Å²) in [5.41, 5.74) is 2.40. The average Bonchev–Trinajstić information content (AvgIpc) is 2.63. The van der Waals surface area contributed by atoms with Crippen LogP contribution in [-0.4, -0.2) is 15.7 Å². The van der Waals surface area contributed by atoms with Crippen LogP contribution in [0.3, 0.4) is 0 Å². The van der Waals surface area contributed by atoms with Crippen molar-refractivity contribution in [2.24, 2.45) is 0 Å².